The fourth-order valence-corrected chi connectivity index (χ4v) is 3.44. The molecule has 2 nitrogen and oxygen atoms in total. The van der Waals surface area contributed by atoms with Crippen LogP contribution in [-0.2, 0) is 8.85 Å². The number of unbranched alkanes of at least 4 members (excludes halogenated alkanes) is 4. The van der Waals surface area contributed by atoms with Crippen LogP contribution in [0.1, 0.15) is 58.8 Å². The zero-order valence-electron chi connectivity index (χ0n) is 11.7. The highest BCUT2D eigenvalue weighted by Crippen LogP contribution is 2.08. The van der Waals surface area contributed by atoms with Crippen molar-refractivity contribution in [2.75, 3.05) is 13.2 Å². The van der Waals surface area contributed by atoms with Crippen molar-refractivity contribution in [1.29, 1.82) is 0 Å². The molecule has 0 N–H and O–H groups in total. The number of allylic oxidation sites excluding steroid dienone is 1. The normalized spacial score (nSPS) is 11.0. The van der Waals surface area contributed by atoms with Crippen molar-refractivity contribution >= 4 is 9.28 Å². The van der Waals surface area contributed by atoms with Gasteiger partial charge in [0.15, 0.2) is 0 Å². The van der Waals surface area contributed by atoms with E-state index in [-0.39, 0.29) is 0 Å². The van der Waals surface area contributed by atoms with Crippen molar-refractivity contribution < 1.29 is 8.85 Å². The first kappa shape index (κ1) is 16.9. The first-order valence-electron chi connectivity index (χ1n) is 7.19. The van der Waals surface area contributed by atoms with Gasteiger partial charge in [-0.2, -0.15) is 0 Å². The van der Waals surface area contributed by atoms with Crippen LogP contribution in [0.25, 0.3) is 0 Å². The molecule has 0 heterocycles. The van der Waals surface area contributed by atoms with E-state index in [0.29, 0.717) is 0 Å². The summed E-state index contributed by atoms with van der Waals surface area (Å²) in [6, 6.07) is 1.15. The summed E-state index contributed by atoms with van der Waals surface area (Å²) in [6.45, 7) is 9.92. The largest absolute Gasteiger partial charge is 0.397 e. The molecule has 0 radical (unpaired) electrons. The van der Waals surface area contributed by atoms with E-state index in [1.807, 2.05) is 6.08 Å². The van der Waals surface area contributed by atoms with E-state index in [1.165, 1.54) is 25.7 Å². The number of rotatable bonds is 13. The van der Waals surface area contributed by atoms with Crippen molar-refractivity contribution in [3.63, 3.8) is 0 Å². The molecule has 3 heteroatoms. The monoisotopic (exact) mass is 258 g/mol. The molecule has 0 atom stereocenters. The van der Waals surface area contributed by atoms with Crippen LogP contribution in [0.4, 0.5) is 0 Å². The van der Waals surface area contributed by atoms with Gasteiger partial charge in [0.2, 0.25) is 0 Å². The lowest BCUT2D eigenvalue weighted by Gasteiger charge is -2.16. The van der Waals surface area contributed by atoms with Crippen LogP contribution in [0.15, 0.2) is 12.7 Å². The van der Waals surface area contributed by atoms with Gasteiger partial charge in [0.05, 0.1) is 0 Å². The van der Waals surface area contributed by atoms with Gasteiger partial charge in [-0.15, -0.1) is 6.58 Å². The van der Waals surface area contributed by atoms with Crippen LogP contribution in [0.2, 0.25) is 6.04 Å². The van der Waals surface area contributed by atoms with Crippen LogP contribution < -0.4 is 0 Å². The Labute approximate surface area is 109 Å². The van der Waals surface area contributed by atoms with E-state index < -0.39 is 9.28 Å². The topological polar surface area (TPSA) is 18.5 Å². The van der Waals surface area contributed by atoms with Crippen LogP contribution in [0, 0.1) is 0 Å². The minimum atomic E-state index is -1.37. The maximum Gasteiger partial charge on any atom is 0.321 e. The molecular formula is C14H30O2Si. The van der Waals surface area contributed by atoms with Gasteiger partial charge < -0.3 is 8.85 Å². The van der Waals surface area contributed by atoms with Crippen LogP contribution in [0.5, 0.6) is 0 Å². The number of hydrogen-bond donors (Lipinski definition) is 0. The minimum Gasteiger partial charge on any atom is -0.397 e. The molecule has 0 saturated carbocycles. The third-order valence-corrected chi connectivity index (χ3v) is 4.80. The van der Waals surface area contributed by atoms with Crippen molar-refractivity contribution in [2.24, 2.45) is 0 Å². The molecule has 0 amide bonds. The van der Waals surface area contributed by atoms with E-state index in [9.17, 15) is 0 Å². The molecule has 17 heavy (non-hydrogen) atoms. The van der Waals surface area contributed by atoms with E-state index in [4.69, 9.17) is 8.85 Å². The van der Waals surface area contributed by atoms with Crippen molar-refractivity contribution in [1.82, 2.24) is 0 Å². The Balaban J connectivity index is 3.63. The van der Waals surface area contributed by atoms with Gasteiger partial charge in [0, 0.05) is 13.2 Å². The molecule has 0 unspecified atom stereocenters. The molecule has 0 bridgehead atoms. The average Bonchev–Trinajstić information content (AvgIpc) is 2.34. The Morgan fingerprint density at radius 1 is 0.941 bits per heavy atom. The fourth-order valence-electron chi connectivity index (χ4n) is 1.53. The van der Waals surface area contributed by atoms with Crippen LogP contribution in [-0.4, -0.2) is 22.5 Å². The second kappa shape index (κ2) is 13.9. The second-order valence-corrected chi connectivity index (χ2v) is 6.55. The maximum atomic E-state index is 5.90. The molecule has 0 aromatic carbocycles. The summed E-state index contributed by atoms with van der Waals surface area (Å²) in [5, 5.41) is 0. The third-order valence-electron chi connectivity index (χ3n) is 2.70. The molecule has 0 aliphatic heterocycles. The van der Waals surface area contributed by atoms with Gasteiger partial charge in [-0.05, 0) is 31.7 Å². The highest BCUT2D eigenvalue weighted by atomic mass is 28.3. The molecule has 0 spiro atoms. The predicted octanol–water partition coefficient (Wildman–Crippen LogP) is 4.20. The van der Waals surface area contributed by atoms with E-state index in [0.717, 1.165) is 38.5 Å². The van der Waals surface area contributed by atoms with Gasteiger partial charge in [0.25, 0.3) is 0 Å². The molecule has 0 aromatic rings. The molecule has 0 aliphatic rings. The summed E-state index contributed by atoms with van der Waals surface area (Å²) in [7, 11) is -1.37. The van der Waals surface area contributed by atoms with Gasteiger partial charge in [0.1, 0.15) is 0 Å². The molecule has 0 aliphatic carbocycles. The predicted molar refractivity (Wildman–Crippen MR) is 77.7 cm³/mol. The average molecular weight is 258 g/mol. The Kier molecular flexibility index (Phi) is 13.8. The second-order valence-electron chi connectivity index (χ2n) is 4.45. The SMILES string of the molecule is C=CCCCC[SiH](OCCCC)OCCCC. The van der Waals surface area contributed by atoms with Gasteiger partial charge >= 0.3 is 9.28 Å². The highest BCUT2D eigenvalue weighted by molar-refractivity contribution is 6.44. The minimum absolute atomic E-state index is 0.890. The maximum absolute atomic E-state index is 5.90. The van der Waals surface area contributed by atoms with E-state index in [1.54, 1.807) is 0 Å². The quantitative estimate of drug-likeness (QED) is 0.280. The van der Waals surface area contributed by atoms with Crippen LogP contribution >= 0.6 is 0 Å². The van der Waals surface area contributed by atoms with Crippen molar-refractivity contribution in [3.8, 4) is 0 Å². The molecule has 102 valence electrons. The summed E-state index contributed by atoms with van der Waals surface area (Å²) >= 11 is 0. The van der Waals surface area contributed by atoms with Crippen LogP contribution in [0.3, 0.4) is 0 Å². The molecule has 0 aromatic heterocycles. The van der Waals surface area contributed by atoms with Gasteiger partial charge in [-0.25, -0.2) is 0 Å². The lowest BCUT2D eigenvalue weighted by Crippen LogP contribution is -2.24. The summed E-state index contributed by atoms with van der Waals surface area (Å²) < 4.78 is 11.8. The smallest absolute Gasteiger partial charge is 0.321 e. The van der Waals surface area contributed by atoms with E-state index in [2.05, 4.69) is 20.4 Å². The first-order chi connectivity index (χ1) is 8.35. The van der Waals surface area contributed by atoms with Gasteiger partial charge in [-0.1, -0.05) is 39.2 Å². The third kappa shape index (κ3) is 12.1. The van der Waals surface area contributed by atoms with Crippen molar-refractivity contribution in [3.05, 3.63) is 12.7 Å². The zero-order valence-corrected chi connectivity index (χ0v) is 12.9. The lowest BCUT2D eigenvalue weighted by atomic mass is 10.2. The van der Waals surface area contributed by atoms with Gasteiger partial charge in [-0.3, -0.25) is 0 Å². The molecule has 0 rings (SSSR count). The zero-order chi connectivity index (χ0) is 12.8. The Hall–Kier alpha value is -0.123. The summed E-state index contributed by atoms with van der Waals surface area (Å²) in [5.74, 6) is 0. The molecular weight excluding hydrogens is 228 g/mol. The fraction of sp³-hybridized carbons (Fsp3) is 0.857. The summed E-state index contributed by atoms with van der Waals surface area (Å²) in [4.78, 5) is 0. The van der Waals surface area contributed by atoms with E-state index >= 15 is 0 Å². The summed E-state index contributed by atoms with van der Waals surface area (Å²) in [6.07, 6.45) is 10.3. The highest BCUT2D eigenvalue weighted by Gasteiger charge is 2.12. The first-order valence-corrected chi connectivity index (χ1v) is 8.95. The molecule has 0 saturated heterocycles. The lowest BCUT2D eigenvalue weighted by molar-refractivity contribution is 0.190. The number of hydrogen-bond acceptors (Lipinski definition) is 2. The standard InChI is InChI=1S/C14H30O2Si/c1-4-7-10-11-14-17(15-12-8-5-2)16-13-9-6-3/h4,17H,1,5-14H2,2-3H3. The Morgan fingerprint density at radius 3 is 2.00 bits per heavy atom. The Bertz CT molecular complexity index is 152. The molecule has 0 fully saturated rings. The van der Waals surface area contributed by atoms with Crippen molar-refractivity contribution in [2.45, 2.75) is 64.8 Å². The Morgan fingerprint density at radius 2 is 1.53 bits per heavy atom. The summed E-state index contributed by atoms with van der Waals surface area (Å²) in [5.41, 5.74) is 0.